The van der Waals surface area contributed by atoms with Gasteiger partial charge in [-0.05, 0) is 17.9 Å². The van der Waals surface area contributed by atoms with Crippen molar-refractivity contribution in [3.63, 3.8) is 0 Å². The van der Waals surface area contributed by atoms with Crippen molar-refractivity contribution in [2.24, 2.45) is 0 Å². The highest BCUT2D eigenvalue weighted by molar-refractivity contribution is 6.12. The molecule has 0 aliphatic rings. The number of benzene rings is 2. The number of aryl methyl sites for hydroxylation is 1. The molecule has 3 heteroatoms. The molecule has 0 aliphatic carbocycles. The highest BCUT2D eigenvalue weighted by atomic mass is 15.4. The van der Waals surface area contributed by atoms with Crippen LogP contribution in [0.15, 0.2) is 48.7 Å². The van der Waals surface area contributed by atoms with Crippen molar-refractivity contribution in [1.29, 1.82) is 0 Å². The summed E-state index contributed by atoms with van der Waals surface area (Å²) in [5.41, 5.74) is 3.42. The Morgan fingerprint density at radius 1 is 0.889 bits per heavy atom. The largest absolute Gasteiger partial charge is 0.212 e. The number of rotatable bonds is 0. The maximum Gasteiger partial charge on any atom is 0.0950 e. The molecule has 0 bridgehead atoms. The molecule has 0 amide bonds. The van der Waals surface area contributed by atoms with Crippen LogP contribution < -0.4 is 0 Å². The first kappa shape index (κ1) is 9.59. The van der Waals surface area contributed by atoms with Crippen LogP contribution in [0.4, 0.5) is 0 Å². The van der Waals surface area contributed by atoms with Crippen molar-refractivity contribution in [1.82, 2.24) is 14.8 Å². The number of pyridine rings is 1. The molecular formula is C15H11N3. The van der Waals surface area contributed by atoms with Crippen LogP contribution in [0.25, 0.3) is 27.2 Å². The summed E-state index contributed by atoms with van der Waals surface area (Å²) < 4.78 is 1.94. The first-order valence-corrected chi connectivity index (χ1v) is 5.97. The van der Waals surface area contributed by atoms with Gasteiger partial charge in [0.2, 0.25) is 0 Å². The van der Waals surface area contributed by atoms with Crippen molar-refractivity contribution >= 4 is 27.2 Å². The molecule has 0 atom stereocenters. The lowest BCUT2D eigenvalue weighted by Crippen LogP contribution is -1.94. The molecule has 0 fully saturated rings. The second-order valence-corrected chi connectivity index (χ2v) is 4.55. The molecule has 2 heterocycles. The summed E-state index contributed by atoms with van der Waals surface area (Å²) in [6.45, 7) is 2.11. The van der Waals surface area contributed by atoms with E-state index in [2.05, 4.69) is 59.7 Å². The van der Waals surface area contributed by atoms with Crippen molar-refractivity contribution in [2.45, 2.75) is 6.92 Å². The van der Waals surface area contributed by atoms with Gasteiger partial charge >= 0.3 is 0 Å². The third kappa shape index (κ3) is 1.08. The smallest absolute Gasteiger partial charge is 0.0950 e. The lowest BCUT2D eigenvalue weighted by Gasteiger charge is -2.08. The third-order valence-corrected chi connectivity index (χ3v) is 3.49. The molecule has 0 spiro atoms. The van der Waals surface area contributed by atoms with Crippen LogP contribution in [0.1, 0.15) is 5.56 Å². The van der Waals surface area contributed by atoms with Gasteiger partial charge in [0, 0.05) is 10.8 Å². The summed E-state index contributed by atoms with van der Waals surface area (Å²) >= 11 is 0. The lowest BCUT2D eigenvalue weighted by molar-refractivity contribution is 0.882. The van der Waals surface area contributed by atoms with E-state index in [1.165, 1.54) is 21.7 Å². The summed E-state index contributed by atoms with van der Waals surface area (Å²) in [5.74, 6) is 0. The zero-order valence-electron chi connectivity index (χ0n) is 9.96. The Morgan fingerprint density at radius 3 is 2.56 bits per heavy atom. The van der Waals surface area contributed by atoms with E-state index in [-0.39, 0.29) is 0 Å². The van der Waals surface area contributed by atoms with Gasteiger partial charge in [-0.15, -0.1) is 5.10 Å². The molecule has 0 N–H and O–H groups in total. The van der Waals surface area contributed by atoms with Crippen molar-refractivity contribution in [3.05, 3.63) is 54.2 Å². The lowest BCUT2D eigenvalue weighted by atomic mass is 10.0. The molecule has 0 unspecified atom stereocenters. The molecule has 18 heavy (non-hydrogen) atoms. The summed E-state index contributed by atoms with van der Waals surface area (Å²) in [6.07, 6.45) is 1.83. The van der Waals surface area contributed by atoms with Gasteiger partial charge in [-0.1, -0.05) is 47.7 Å². The van der Waals surface area contributed by atoms with E-state index in [1.54, 1.807) is 0 Å². The summed E-state index contributed by atoms with van der Waals surface area (Å²) in [4.78, 5) is 0. The second kappa shape index (κ2) is 3.29. The quantitative estimate of drug-likeness (QED) is 0.436. The van der Waals surface area contributed by atoms with Gasteiger partial charge in [-0.3, -0.25) is 0 Å². The number of hydrogen-bond acceptors (Lipinski definition) is 2. The van der Waals surface area contributed by atoms with Gasteiger partial charge in [0.05, 0.1) is 17.2 Å². The maximum absolute atomic E-state index is 4.22. The molecular weight excluding hydrogens is 222 g/mol. The molecule has 0 saturated heterocycles. The standard InChI is InChI=1S/C15H11N3/c1-10-5-4-8-13-11-6-2-3-7-12(11)14-9-16-17-18(14)15(10)13/h2-9H,1H3. The minimum Gasteiger partial charge on any atom is -0.212 e. The van der Waals surface area contributed by atoms with E-state index >= 15 is 0 Å². The minimum atomic E-state index is 1.06. The normalized spacial score (nSPS) is 11.6. The second-order valence-electron chi connectivity index (χ2n) is 4.55. The number of nitrogens with zero attached hydrogens (tertiary/aromatic N) is 3. The molecule has 4 aromatic rings. The fraction of sp³-hybridized carbons (Fsp3) is 0.0667. The van der Waals surface area contributed by atoms with E-state index in [0.29, 0.717) is 0 Å². The van der Waals surface area contributed by atoms with Gasteiger partial charge in [0.15, 0.2) is 0 Å². The van der Waals surface area contributed by atoms with Gasteiger partial charge in [0.1, 0.15) is 0 Å². The molecule has 86 valence electrons. The first-order valence-electron chi connectivity index (χ1n) is 5.97. The zero-order chi connectivity index (χ0) is 12.1. The average molecular weight is 233 g/mol. The number of fused-ring (bicyclic) bond motifs is 6. The minimum absolute atomic E-state index is 1.06. The van der Waals surface area contributed by atoms with Crippen LogP contribution in [-0.4, -0.2) is 14.8 Å². The Bertz CT molecular complexity index is 890. The highest BCUT2D eigenvalue weighted by Crippen LogP contribution is 2.29. The SMILES string of the molecule is Cc1cccc2c3ccccc3c3cnnn3c12. The van der Waals surface area contributed by atoms with E-state index in [4.69, 9.17) is 0 Å². The Labute approximate surface area is 104 Å². The molecule has 2 aromatic carbocycles. The van der Waals surface area contributed by atoms with Crippen LogP contribution in [0.2, 0.25) is 0 Å². The van der Waals surface area contributed by atoms with Gasteiger partial charge in [-0.25, -0.2) is 4.52 Å². The molecule has 0 saturated carbocycles. The van der Waals surface area contributed by atoms with E-state index in [1.807, 2.05) is 10.7 Å². The Balaban J connectivity index is 2.49. The molecule has 0 aliphatic heterocycles. The highest BCUT2D eigenvalue weighted by Gasteiger charge is 2.10. The van der Waals surface area contributed by atoms with Crippen LogP contribution in [0, 0.1) is 6.92 Å². The maximum atomic E-state index is 4.22. The fourth-order valence-electron chi connectivity index (χ4n) is 2.68. The molecule has 2 aromatic heterocycles. The van der Waals surface area contributed by atoms with Gasteiger partial charge < -0.3 is 0 Å². The number of para-hydroxylation sites is 1. The van der Waals surface area contributed by atoms with E-state index in [9.17, 15) is 0 Å². The van der Waals surface area contributed by atoms with E-state index in [0.717, 1.165) is 11.0 Å². The predicted molar refractivity (Wildman–Crippen MR) is 72.7 cm³/mol. The predicted octanol–water partition coefficient (Wildman–Crippen LogP) is 3.34. The Hall–Kier alpha value is -2.42. The fourth-order valence-corrected chi connectivity index (χ4v) is 2.68. The number of hydrogen-bond donors (Lipinski definition) is 0. The van der Waals surface area contributed by atoms with Gasteiger partial charge in [0.25, 0.3) is 0 Å². The zero-order valence-corrected chi connectivity index (χ0v) is 9.96. The Kier molecular flexibility index (Phi) is 1.75. The molecule has 4 rings (SSSR count). The van der Waals surface area contributed by atoms with E-state index < -0.39 is 0 Å². The molecule has 3 nitrogen and oxygen atoms in total. The van der Waals surface area contributed by atoms with Crippen molar-refractivity contribution in [3.8, 4) is 0 Å². The van der Waals surface area contributed by atoms with Crippen LogP contribution >= 0.6 is 0 Å². The average Bonchev–Trinajstić information content (AvgIpc) is 2.88. The van der Waals surface area contributed by atoms with Gasteiger partial charge in [-0.2, -0.15) is 0 Å². The van der Waals surface area contributed by atoms with Crippen LogP contribution in [-0.2, 0) is 0 Å². The first-order chi connectivity index (χ1) is 8.86. The Morgan fingerprint density at radius 2 is 1.67 bits per heavy atom. The number of aromatic nitrogens is 3. The van der Waals surface area contributed by atoms with Crippen molar-refractivity contribution in [2.75, 3.05) is 0 Å². The van der Waals surface area contributed by atoms with Crippen molar-refractivity contribution < 1.29 is 0 Å². The monoisotopic (exact) mass is 233 g/mol. The summed E-state index contributed by atoms with van der Waals surface area (Å²) in [7, 11) is 0. The topological polar surface area (TPSA) is 30.2 Å². The van der Waals surface area contributed by atoms with Crippen LogP contribution in [0.3, 0.4) is 0 Å². The third-order valence-electron chi connectivity index (χ3n) is 3.49. The summed E-state index contributed by atoms with van der Waals surface area (Å²) in [6, 6.07) is 14.7. The summed E-state index contributed by atoms with van der Waals surface area (Å²) in [5, 5.41) is 12.0. The molecule has 0 radical (unpaired) electrons. The van der Waals surface area contributed by atoms with Crippen LogP contribution in [0.5, 0.6) is 0 Å².